The fourth-order valence-electron chi connectivity index (χ4n) is 6.57. The van der Waals surface area contributed by atoms with Crippen LogP contribution in [0.3, 0.4) is 0 Å². The largest absolute Gasteiger partial charge is 0.328 e. The van der Waals surface area contributed by atoms with E-state index in [1.165, 1.54) is 24.0 Å². The first kappa shape index (κ1) is 20.8. The first-order valence-corrected chi connectivity index (χ1v) is 12.8. The standard InChI is InChI=1S/C26H31F2N5O/c27-22(28)19-7-18(8-19)15-1-3-16(4-2-15)21-11-32(12-21)25(34)33-13-26(14-33)9-20(10-26)24-29-23(30-31-24)17-5-6-17/h1-4,17-22H,5-14H2,(H,29,30,31)/t18-,19-. The number of halogens is 2. The maximum atomic E-state index is 12.9. The van der Waals surface area contributed by atoms with Gasteiger partial charge in [0.1, 0.15) is 11.6 Å². The Kier molecular flexibility index (Phi) is 4.59. The zero-order valence-corrected chi connectivity index (χ0v) is 19.3. The highest BCUT2D eigenvalue weighted by atomic mass is 19.3. The molecule has 2 aliphatic heterocycles. The SMILES string of the molecule is O=C(N1CC(c2ccc([C@H]3C[C@H](C(F)F)C3)cc2)C1)N1CC2(CC(c3nnc(C4CC4)[nH]3)C2)C1. The number of nitrogens with zero attached hydrogens (tertiary/aromatic N) is 4. The Morgan fingerprint density at radius 1 is 0.882 bits per heavy atom. The van der Waals surface area contributed by atoms with E-state index in [1.54, 1.807) is 0 Å². The molecule has 3 saturated carbocycles. The molecule has 8 heteroatoms. The fourth-order valence-corrected chi connectivity index (χ4v) is 6.57. The van der Waals surface area contributed by atoms with Crippen LogP contribution in [0.15, 0.2) is 24.3 Å². The van der Waals surface area contributed by atoms with Crippen LogP contribution in [0.2, 0.25) is 0 Å². The number of aromatic amines is 1. The molecule has 6 nitrogen and oxygen atoms in total. The molecule has 1 aromatic carbocycles. The molecule has 2 aromatic rings. The molecule has 1 aromatic heterocycles. The summed E-state index contributed by atoms with van der Waals surface area (Å²) in [5.74, 6) is 3.41. The van der Waals surface area contributed by atoms with Gasteiger partial charge in [0, 0.05) is 55.3 Å². The number of rotatable bonds is 5. The molecule has 1 spiro atoms. The van der Waals surface area contributed by atoms with Crippen LogP contribution in [0.5, 0.6) is 0 Å². The Bertz CT molecular complexity index is 1070. The van der Waals surface area contributed by atoms with E-state index in [0.29, 0.717) is 30.6 Å². The molecule has 0 atom stereocenters. The lowest BCUT2D eigenvalue weighted by atomic mass is 9.57. The van der Waals surface area contributed by atoms with Gasteiger partial charge in [-0.3, -0.25) is 0 Å². The second-order valence-corrected chi connectivity index (χ2v) is 11.6. The van der Waals surface area contributed by atoms with Crippen LogP contribution < -0.4 is 0 Å². The van der Waals surface area contributed by atoms with E-state index in [4.69, 9.17) is 0 Å². The summed E-state index contributed by atoms with van der Waals surface area (Å²) in [7, 11) is 0. The Hall–Kier alpha value is -2.51. The van der Waals surface area contributed by atoms with Crippen LogP contribution in [0.1, 0.15) is 85.0 Å². The third kappa shape index (κ3) is 3.43. The van der Waals surface area contributed by atoms with Crippen LogP contribution in [0.4, 0.5) is 13.6 Å². The molecule has 7 rings (SSSR count). The summed E-state index contributed by atoms with van der Waals surface area (Å²) in [6.45, 7) is 3.26. The summed E-state index contributed by atoms with van der Waals surface area (Å²) in [6, 6.07) is 8.62. The Balaban J connectivity index is 0.861. The fraction of sp³-hybridized carbons (Fsp3) is 0.654. The Morgan fingerprint density at radius 2 is 1.47 bits per heavy atom. The molecule has 5 fully saturated rings. The third-order valence-electron chi connectivity index (χ3n) is 9.12. The van der Waals surface area contributed by atoms with Crippen LogP contribution >= 0.6 is 0 Å². The molecule has 2 saturated heterocycles. The van der Waals surface area contributed by atoms with Crippen LogP contribution in [0.25, 0.3) is 0 Å². The Morgan fingerprint density at radius 3 is 2.06 bits per heavy atom. The monoisotopic (exact) mass is 467 g/mol. The zero-order valence-electron chi connectivity index (χ0n) is 19.3. The molecular formula is C26H31F2N5O. The average molecular weight is 468 g/mol. The molecule has 2 amide bonds. The third-order valence-corrected chi connectivity index (χ3v) is 9.12. The van der Waals surface area contributed by atoms with Gasteiger partial charge in [-0.1, -0.05) is 24.3 Å². The van der Waals surface area contributed by atoms with Gasteiger partial charge in [-0.05, 0) is 55.6 Å². The van der Waals surface area contributed by atoms with Crippen molar-refractivity contribution in [1.82, 2.24) is 25.0 Å². The van der Waals surface area contributed by atoms with Crippen LogP contribution in [-0.2, 0) is 0 Å². The summed E-state index contributed by atoms with van der Waals surface area (Å²) >= 11 is 0. The molecule has 34 heavy (non-hydrogen) atoms. The van der Waals surface area contributed by atoms with Crippen molar-refractivity contribution in [3.63, 3.8) is 0 Å². The zero-order chi connectivity index (χ0) is 23.0. The second-order valence-electron chi connectivity index (χ2n) is 11.6. The van der Waals surface area contributed by atoms with E-state index >= 15 is 0 Å². The molecule has 3 aliphatic carbocycles. The summed E-state index contributed by atoms with van der Waals surface area (Å²) in [6.07, 6.45) is 3.67. The highest BCUT2D eigenvalue weighted by Gasteiger charge is 2.56. The van der Waals surface area contributed by atoms with Gasteiger partial charge in [0.25, 0.3) is 0 Å². The number of carbonyl (C=O) groups excluding carboxylic acids is 1. The number of hydrogen-bond acceptors (Lipinski definition) is 3. The number of hydrogen-bond donors (Lipinski definition) is 1. The number of carbonyl (C=O) groups is 1. The topological polar surface area (TPSA) is 65.1 Å². The van der Waals surface area contributed by atoms with E-state index < -0.39 is 12.3 Å². The lowest BCUT2D eigenvalue weighted by molar-refractivity contribution is -0.0601. The molecule has 0 unspecified atom stereocenters. The minimum Gasteiger partial charge on any atom is -0.328 e. The molecule has 0 radical (unpaired) electrons. The molecular weight excluding hydrogens is 436 g/mol. The van der Waals surface area contributed by atoms with E-state index in [1.807, 2.05) is 9.80 Å². The maximum absolute atomic E-state index is 12.9. The number of amides is 2. The van der Waals surface area contributed by atoms with Crippen molar-refractivity contribution in [3.05, 3.63) is 47.0 Å². The number of nitrogens with one attached hydrogen (secondary N) is 1. The molecule has 1 N–H and O–H groups in total. The first-order valence-electron chi connectivity index (χ1n) is 12.8. The van der Waals surface area contributed by atoms with Crippen molar-refractivity contribution in [3.8, 4) is 0 Å². The van der Waals surface area contributed by atoms with Gasteiger partial charge in [-0.2, -0.15) is 0 Å². The summed E-state index contributed by atoms with van der Waals surface area (Å²) in [5, 5.41) is 8.69. The minimum absolute atomic E-state index is 0.171. The minimum atomic E-state index is -2.19. The Labute approximate surface area is 198 Å². The molecule has 5 aliphatic rings. The van der Waals surface area contributed by atoms with Crippen molar-refractivity contribution in [2.24, 2.45) is 11.3 Å². The quantitative estimate of drug-likeness (QED) is 0.684. The van der Waals surface area contributed by atoms with Crippen molar-refractivity contribution >= 4 is 6.03 Å². The van der Waals surface area contributed by atoms with Crippen LogP contribution in [-0.4, -0.2) is 63.6 Å². The van der Waals surface area contributed by atoms with Gasteiger partial charge in [0.05, 0.1) is 0 Å². The normalized spacial score (nSPS) is 28.4. The lowest BCUT2D eigenvalue weighted by Gasteiger charge is -2.59. The lowest BCUT2D eigenvalue weighted by Crippen LogP contribution is -2.67. The summed E-state index contributed by atoms with van der Waals surface area (Å²) < 4.78 is 25.4. The number of aromatic nitrogens is 3. The van der Waals surface area contributed by atoms with E-state index in [-0.39, 0.29) is 17.4 Å². The molecule has 0 bridgehead atoms. The second kappa shape index (κ2) is 7.49. The van der Waals surface area contributed by atoms with Crippen molar-refractivity contribution in [2.45, 2.75) is 68.6 Å². The van der Waals surface area contributed by atoms with Crippen molar-refractivity contribution in [1.29, 1.82) is 0 Å². The van der Waals surface area contributed by atoms with Crippen LogP contribution in [0, 0.1) is 11.3 Å². The van der Waals surface area contributed by atoms with Crippen molar-refractivity contribution < 1.29 is 13.6 Å². The number of likely N-dealkylation sites (tertiary alicyclic amines) is 2. The van der Waals surface area contributed by atoms with Gasteiger partial charge < -0.3 is 14.8 Å². The number of benzene rings is 1. The van der Waals surface area contributed by atoms with Gasteiger partial charge in [0.15, 0.2) is 0 Å². The van der Waals surface area contributed by atoms with Gasteiger partial charge >= 0.3 is 6.03 Å². The number of urea groups is 1. The maximum Gasteiger partial charge on any atom is 0.320 e. The number of H-pyrrole nitrogens is 1. The highest BCUT2D eigenvalue weighted by Crippen LogP contribution is 2.56. The summed E-state index contributed by atoms with van der Waals surface area (Å²) in [5.41, 5.74) is 2.71. The van der Waals surface area contributed by atoms with Crippen molar-refractivity contribution in [2.75, 3.05) is 26.2 Å². The van der Waals surface area contributed by atoms with E-state index in [2.05, 4.69) is 39.4 Å². The predicted molar refractivity (Wildman–Crippen MR) is 122 cm³/mol. The smallest absolute Gasteiger partial charge is 0.320 e. The highest BCUT2D eigenvalue weighted by molar-refractivity contribution is 5.77. The summed E-state index contributed by atoms with van der Waals surface area (Å²) in [4.78, 5) is 20.3. The molecule has 3 heterocycles. The first-order chi connectivity index (χ1) is 16.5. The molecule has 180 valence electrons. The predicted octanol–water partition coefficient (Wildman–Crippen LogP) is 4.84. The van der Waals surface area contributed by atoms with E-state index in [9.17, 15) is 13.6 Å². The van der Waals surface area contributed by atoms with E-state index in [0.717, 1.165) is 50.7 Å². The average Bonchev–Trinajstić information content (AvgIpc) is 3.42. The number of alkyl halides is 2. The van der Waals surface area contributed by atoms with Gasteiger partial charge in [-0.15, -0.1) is 10.2 Å². The van der Waals surface area contributed by atoms with Gasteiger partial charge in [0.2, 0.25) is 6.43 Å². The van der Waals surface area contributed by atoms with Gasteiger partial charge in [-0.25, -0.2) is 13.6 Å².